The fourth-order valence-electron chi connectivity index (χ4n) is 2.31. The molecule has 2 aromatic rings. The SMILES string of the molecule is [2H]C(C)(c1ccc(-c2ccccc2C)[n+](C)c1)C(C)C. The van der Waals surface area contributed by atoms with Gasteiger partial charge in [-0.1, -0.05) is 39.0 Å². The standard InChI is InChI=1S/C18H24N/c1-13(2)15(4)16-10-11-18(19(5)12-16)17-9-7-6-8-14(17)3/h6-13,15H,1-5H3/q+1/i15D. The maximum absolute atomic E-state index is 8.52. The average Bonchev–Trinajstić information content (AvgIpc) is 2.39. The average molecular weight is 255 g/mol. The van der Waals surface area contributed by atoms with Gasteiger partial charge in [-0.2, -0.15) is 0 Å². The van der Waals surface area contributed by atoms with Crippen LogP contribution in [0.25, 0.3) is 11.3 Å². The largest absolute Gasteiger partial charge is 0.212 e. The molecule has 1 atom stereocenters. The third-order valence-electron chi connectivity index (χ3n) is 3.88. The van der Waals surface area contributed by atoms with Crippen LogP contribution < -0.4 is 4.57 Å². The summed E-state index contributed by atoms with van der Waals surface area (Å²) >= 11 is 0. The number of hydrogen-bond donors (Lipinski definition) is 0. The Balaban J connectivity index is 2.49. The van der Waals surface area contributed by atoms with Gasteiger partial charge in [-0.3, -0.25) is 0 Å². The van der Waals surface area contributed by atoms with Crippen LogP contribution in [-0.4, -0.2) is 0 Å². The molecule has 0 saturated carbocycles. The molecule has 0 bridgehead atoms. The van der Waals surface area contributed by atoms with Crippen LogP contribution >= 0.6 is 0 Å². The first-order valence-corrected chi connectivity index (χ1v) is 6.90. The Morgan fingerprint density at radius 2 is 1.74 bits per heavy atom. The van der Waals surface area contributed by atoms with Crippen molar-refractivity contribution in [1.82, 2.24) is 0 Å². The van der Waals surface area contributed by atoms with Gasteiger partial charge in [0.05, 0.1) is 0 Å². The summed E-state index contributed by atoms with van der Waals surface area (Å²) in [7, 11) is 2.06. The van der Waals surface area contributed by atoms with Gasteiger partial charge in [0, 0.05) is 18.6 Å². The molecule has 1 heterocycles. The molecule has 0 aliphatic heterocycles. The van der Waals surface area contributed by atoms with Crippen molar-refractivity contribution in [3.05, 3.63) is 53.7 Å². The minimum Gasteiger partial charge on any atom is -0.201 e. The minimum atomic E-state index is -0.554. The Bertz CT molecular complexity index is 615. The zero-order chi connectivity index (χ0) is 14.9. The van der Waals surface area contributed by atoms with Gasteiger partial charge in [0.1, 0.15) is 7.05 Å². The Morgan fingerprint density at radius 1 is 1.05 bits per heavy atom. The molecule has 100 valence electrons. The molecule has 19 heavy (non-hydrogen) atoms. The van der Waals surface area contributed by atoms with Crippen LogP contribution in [0.1, 0.15) is 39.2 Å². The summed E-state index contributed by atoms with van der Waals surface area (Å²) < 4.78 is 10.7. The third-order valence-corrected chi connectivity index (χ3v) is 3.88. The molecule has 0 saturated heterocycles. The van der Waals surface area contributed by atoms with Crippen molar-refractivity contribution in [3.8, 4) is 11.3 Å². The first kappa shape index (κ1) is 12.4. The molecule has 0 amide bonds. The molecule has 1 nitrogen and oxygen atoms in total. The van der Waals surface area contributed by atoms with Gasteiger partial charge in [-0.05, 0) is 36.4 Å². The van der Waals surface area contributed by atoms with E-state index in [0.717, 1.165) is 5.56 Å². The molecule has 0 aliphatic carbocycles. The van der Waals surface area contributed by atoms with E-state index in [1.165, 1.54) is 16.8 Å². The van der Waals surface area contributed by atoms with Crippen LogP contribution in [0.15, 0.2) is 42.6 Å². The first-order valence-electron chi connectivity index (χ1n) is 7.40. The zero-order valence-electron chi connectivity index (χ0n) is 13.6. The normalized spacial score (nSPS) is 15.2. The van der Waals surface area contributed by atoms with Crippen molar-refractivity contribution >= 4 is 0 Å². The topological polar surface area (TPSA) is 3.88 Å². The Hall–Kier alpha value is -1.63. The molecule has 0 N–H and O–H groups in total. The van der Waals surface area contributed by atoms with E-state index in [2.05, 4.69) is 75.0 Å². The summed E-state index contributed by atoms with van der Waals surface area (Å²) in [6.45, 7) is 8.32. The summed E-state index contributed by atoms with van der Waals surface area (Å²) in [4.78, 5) is 0. The molecular weight excluding hydrogens is 230 g/mol. The van der Waals surface area contributed by atoms with E-state index in [1.807, 2.05) is 6.92 Å². The Labute approximate surface area is 118 Å². The second kappa shape index (κ2) is 5.56. The predicted octanol–water partition coefficient (Wildman–Crippen LogP) is 4.25. The van der Waals surface area contributed by atoms with E-state index >= 15 is 0 Å². The molecule has 1 aromatic heterocycles. The molecule has 0 aliphatic rings. The van der Waals surface area contributed by atoms with Gasteiger partial charge >= 0.3 is 0 Å². The quantitative estimate of drug-likeness (QED) is 0.722. The van der Waals surface area contributed by atoms with Gasteiger partial charge in [0.2, 0.25) is 5.69 Å². The molecular formula is C18H24N+. The Kier molecular flexibility index (Phi) is 3.63. The van der Waals surface area contributed by atoms with Crippen LogP contribution in [0.3, 0.4) is 0 Å². The molecule has 0 radical (unpaired) electrons. The van der Waals surface area contributed by atoms with Gasteiger partial charge in [0.25, 0.3) is 0 Å². The molecule has 1 unspecified atom stereocenters. The fraction of sp³-hybridized carbons (Fsp3) is 0.389. The van der Waals surface area contributed by atoms with Crippen molar-refractivity contribution in [2.24, 2.45) is 13.0 Å². The van der Waals surface area contributed by atoms with Crippen LogP contribution in [-0.2, 0) is 7.05 Å². The van der Waals surface area contributed by atoms with E-state index in [4.69, 9.17) is 1.37 Å². The van der Waals surface area contributed by atoms with Crippen LogP contribution in [0.4, 0.5) is 0 Å². The van der Waals surface area contributed by atoms with Crippen LogP contribution in [0, 0.1) is 12.8 Å². The van der Waals surface area contributed by atoms with Crippen molar-refractivity contribution in [2.45, 2.75) is 33.6 Å². The lowest BCUT2D eigenvalue weighted by Crippen LogP contribution is -2.32. The summed E-state index contributed by atoms with van der Waals surface area (Å²) in [5, 5.41) is 0. The number of aromatic nitrogens is 1. The maximum atomic E-state index is 8.52. The number of hydrogen-bond acceptors (Lipinski definition) is 0. The van der Waals surface area contributed by atoms with Crippen molar-refractivity contribution in [3.63, 3.8) is 0 Å². The number of rotatable bonds is 3. The highest BCUT2D eigenvalue weighted by molar-refractivity contribution is 5.60. The summed E-state index contributed by atoms with van der Waals surface area (Å²) in [6, 6.07) is 12.6. The van der Waals surface area contributed by atoms with Crippen molar-refractivity contribution in [2.75, 3.05) is 0 Å². The molecule has 0 fully saturated rings. The molecule has 1 heteroatoms. The molecule has 2 rings (SSSR count). The lowest BCUT2D eigenvalue weighted by atomic mass is 9.91. The zero-order valence-corrected chi connectivity index (χ0v) is 12.6. The highest BCUT2D eigenvalue weighted by Crippen LogP contribution is 2.25. The monoisotopic (exact) mass is 255 g/mol. The smallest absolute Gasteiger partial charge is 0.201 e. The number of benzene rings is 1. The maximum Gasteiger partial charge on any atom is 0.212 e. The number of aryl methyl sites for hydroxylation is 2. The second-order valence-electron chi connectivity index (χ2n) is 5.57. The summed E-state index contributed by atoms with van der Waals surface area (Å²) in [6.07, 6.45) is 2.09. The van der Waals surface area contributed by atoms with Crippen LogP contribution in [0.2, 0.25) is 0 Å². The fourth-order valence-corrected chi connectivity index (χ4v) is 2.31. The van der Waals surface area contributed by atoms with Gasteiger partial charge < -0.3 is 0 Å². The number of nitrogens with zero attached hydrogens (tertiary/aromatic N) is 1. The van der Waals surface area contributed by atoms with E-state index in [0.29, 0.717) is 0 Å². The van der Waals surface area contributed by atoms with E-state index < -0.39 is 5.89 Å². The van der Waals surface area contributed by atoms with E-state index in [9.17, 15) is 0 Å². The van der Waals surface area contributed by atoms with E-state index in [-0.39, 0.29) is 5.92 Å². The lowest BCUT2D eigenvalue weighted by molar-refractivity contribution is -0.660. The van der Waals surface area contributed by atoms with Crippen molar-refractivity contribution in [1.29, 1.82) is 0 Å². The highest BCUT2D eigenvalue weighted by Gasteiger charge is 2.17. The predicted molar refractivity (Wildman–Crippen MR) is 81.0 cm³/mol. The van der Waals surface area contributed by atoms with Crippen LogP contribution in [0.5, 0.6) is 0 Å². The van der Waals surface area contributed by atoms with Gasteiger partial charge in [-0.15, -0.1) is 0 Å². The summed E-state index contributed by atoms with van der Waals surface area (Å²) in [5.74, 6) is -0.269. The van der Waals surface area contributed by atoms with Crippen molar-refractivity contribution < 1.29 is 5.94 Å². The minimum absolute atomic E-state index is 0.284. The Morgan fingerprint density at radius 3 is 2.32 bits per heavy atom. The third kappa shape index (κ3) is 2.86. The lowest BCUT2D eigenvalue weighted by Gasteiger charge is -2.15. The summed E-state index contributed by atoms with van der Waals surface area (Å²) in [5.41, 5.74) is 4.77. The number of pyridine rings is 1. The van der Waals surface area contributed by atoms with Gasteiger partial charge in [-0.25, -0.2) is 4.57 Å². The second-order valence-corrected chi connectivity index (χ2v) is 5.57. The van der Waals surface area contributed by atoms with E-state index in [1.54, 1.807) is 0 Å². The molecule has 0 spiro atoms. The first-order chi connectivity index (χ1) is 9.34. The molecule has 1 aromatic carbocycles. The highest BCUT2D eigenvalue weighted by atomic mass is 14.9. The van der Waals surface area contributed by atoms with Gasteiger partial charge in [0.15, 0.2) is 6.20 Å².